The summed E-state index contributed by atoms with van der Waals surface area (Å²) in [4.78, 5) is 12.4. The SMILES string of the molecule is COc1cccc([C@H]2C[C@@]3(C)[C@@H](CC[C@@]3(O)C=CCOC3CCCCO3)[C@@H]3CC[C@@]4(O)CC(=O)CCC4=C32)c1. The van der Waals surface area contributed by atoms with E-state index in [-0.39, 0.29) is 35.7 Å². The van der Waals surface area contributed by atoms with Gasteiger partial charge in [-0.15, -0.1) is 0 Å². The highest BCUT2D eigenvalue weighted by Gasteiger charge is 2.63. The van der Waals surface area contributed by atoms with Crippen LogP contribution < -0.4 is 4.74 Å². The highest BCUT2D eigenvalue weighted by atomic mass is 16.7. The van der Waals surface area contributed by atoms with Gasteiger partial charge in [0.15, 0.2) is 6.29 Å². The predicted molar refractivity (Wildman–Crippen MR) is 148 cm³/mol. The van der Waals surface area contributed by atoms with Crippen LogP contribution in [0.4, 0.5) is 0 Å². The van der Waals surface area contributed by atoms with Crippen molar-refractivity contribution in [2.75, 3.05) is 20.3 Å². The van der Waals surface area contributed by atoms with E-state index in [1.54, 1.807) is 7.11 Å². The molecule has 4 aliphatic carbocycles. The van der Waals surface area contributed by atoms with Gasteiger partial charge in [-0.2, -0.15) is 0 Å². The number of ketones is 1. The Morgan fingerprint density at radius 2 is 2.00 bits per heavy atom. The molecule has 3 saturated carbocycles. The number of hydrogen-bond donors (Lipinski definition) is 2. The molecule has 1 aromatic rings. The summed E-state index contributed by atoms with van der Waals surface area (Å²) in [7, 11) is 1.69. The third-order valence-corrected chi connectivity index (χ3v) is 10.9. The molecule has 1 aliphatic heterocycles. The second kappa shape index (κ2) is 10.4. The maximum absolute atomic E-state index is 12.4. The van der Waals surface area contributed by atoms with Crippen LogP contribution in [0.15, 0.2) is 47.6 Å². The van der Waals surface area contributed by atoms with Crippen LogP contribution in [0.5, 0.6) is 5.75 Å². The summed E-state index contributed by atoms with van der Waals surface area (Å²) >= 11 is 0. The van der Waals surface area contributed by atoms with Crippen LogP contribution in [0.25, 0.3) is 0 Å². The monoisotopic (exact) mass is 536 g/mol. The topological polar surface area (TPSA) is 85.2 Å². The zero-order chi connectivity index (χ0) is 27.3. The van der Waals surface area contributed by atoms with Gasteiger partial charge in [0.25, 0.3) is 0 Å². The van der Waals surface area contributed by atoms with Crippen molar-refractivity contribution in [3.8, 4) is 5.75 Å². The molecule has 0 radical (unpaired) electrons. The lowest BCUT2D eigenvalue weighted by molar-refractivity contribution is -0.155. The van der Waals surface area contributed by atoms with Gasteiger partial charge in [0, 0.05) is 30.8 Å². The number of hydrogen-bond acceptors (Lipinski definition) is 6. The van der Waals surface area contributed by atoms with Crippen molar-refractivity contribution in [2.45, 2.75) is 101 Å². The Balaban J connectivity index is 1.35. The van der Waals surface area contributed by atoms with Crippen LogP contribution in [0, 0.1) is 17.3 Å². The lowest BCUT2D eigenvalue weighted by Crippen LogP contribution is -2.53. The molecule has 4 fully saturated rings. The Kier molecular flexibility index (Phi) is 7.28. The van der Waals surface area contributed by atoms with Gasteiger partial charge in [-0.1, -0.05) is 36.8 Å². The van der Waals surface area contributed by atoms with E-state index in [9.17, 15) is 15.0 Å². The maximum atomic E-state index is 12.4. The van der Waals surface area contributed by atoms with Crippen molar-refractivity contribution in [3.63, 3.8) is 0 Å². The lowest BCUT2D eigenvalue weighted by Gasteiger charge is -2.56. The van der Waals surface area contributed by atoms with Crippen LogP contribution in [-0.2, 0) is 14.3 Å². The van der Waals surface area contributed by atoms with E-state index in [0.717, 1.165) is 62.9 Å². The highest BCUT2D eigenvalue weighted by molar-refractivity contribution is 5.82. The summed E-state index contributed by atoms with van der Waals surface area (Å²) in [6.45, 7) is 3.47. The number of rotatable bonds is 6. The Labute approximate surface area is 232 Å². The van der Waals surface area contributed by atoms with Gasteiger partial charge in [0.2, 0.25) is 0 Å². The minimum Gasteiger partial charge on any atom is -0.497 e. The van der Waals surface area contributed by atoms with Crippen molar-refractivity contribution in [1.29, 1.82) is 0 Å². The van der Waals surface area contributed by atoms with Crippen LogP contribution in [-0.4, -0.2) is 53.8 Å². The number of benzene rings is 1. The van der Waals surface area contributed by atoms with Crippen LogP contribution in [0.2, 0.25) is 0 Å². The number of carbonyl (C=O) groups excluding carboxylic acids is 1. The zero-order valence-electron chi connectivity index (χ0n) is 23.5. The van der Waals surface area contributed by atoms with E-state index >= 15 is 0 Å². The summed E-state index contributed by atoms with van der Waals surface area (Å²) in [5.74, 6) is 1.65. The number of methoxy groups -OCH3 is 1. The molecule has 1 aromatic carbocycles. The molecule has 212 valence electrons. The number of ether oxygens (including phenoxy) is 3. The van der Waals surface area contributed by atoms with Crippen molar-refractivity contribution >= 4 is 5.78 Å². The molecular weight excluding hydrogens is 492 g/mol. The molecule has 0 aromatic heterocycles. The fourth-order valence-electron chi connectivity index (χ4n) is 8.82. The average Bonchev–Trinajstić information content (AvgIpc) is 3.20. The molecular formula is C33H44O6. The minimum atomic E-state index is -1.01. The fourth-order valence-corrected chi connectivity index (χ4v) is 8.82. The first-order chi connectivity index (χ1) is 18.8. The van der Waals surface area contributed by atoms with Gasteiger partial charge < -0.3 is 24.4 Å². The number of fused-ring (bicyclic) bond motifs is 4. The van der Waals surface area contributed by atoms with Crippen molar-refractivity contribution in [1.82, 2.24) is 0 Å². The second-order valence-corrected chi connectivity index (χ2v) is 12.9. The summed E-state index contributed by atoms with van der Waals surface area (Å²) in [6.07, 6.45) is 12.4. The Hall–Kier alpha value is -1.99. The number of carbonyl (C=O) groups is 1. The van der Waals surface area contributed by atoms with Crippen molar-refractivity contribution < 1.29 is 29.2 Å². The lowest BCUT2D eigenvalue weighted by atomic mass is 9.50. The summed E-state index contributed by atoms with van der Waals surface area (Å²) < 4.78 is 17.2. The van der Waals surface area contributed by atoms with E-state index in [1.807, 2.05) is 24.3 Å². The van der Waals surface area contributed by atoms with E-state index in [4.69, 9.17) is 14.2 Å². The Morgan fingerprint density at radius 3 is 2.79 bits per heavy atom. The smallest absolute Gasteiger partial charge is 0.157 e. The number of Topliss-reactive ketones (excluding diaryl/α,β-unsaturated/α-hetero) is 1. The Morgan fingerprint density at radius 1 is 1.13 bits per heavy atom. The molecule has 0 spiro atoms. The van der Waals surface area contributed by atoms with E-state index in [2.05, 4.69) is 19.1 Å². The molecule has 6 heteroatoms. The summed E-state index contributed by atoms with van der Waals surface area (Å²) in [6, 6.07) is 8.27. The zero-order valence-corrected chi connectivity index (χ0v) is 23.5. The quantitative estimate of drug-likeness (QED) is 0.459. The fraction of sp³-hybridized carbons (Fsp3) is 0.667. The predicted octanol–water partition coefficient (Wildman–Crippen LogP) is 5.62. The minimum absolute atomic E-state index is 0.0614. The molecule has 0 amide bonds. The first kappa shape index (κ1) is 27.2. The molecule has 5 aliphatic rings. The van der Waals surface area contributed by atoms with Crippen molar-refractivity contribution in [3.05, 3.63) is 53.1 Å². The standard InChI is InChI=1S/C33H44O6/c1-31-21-26(22-7-5-8-24(19-22)37-2)30-25(12-15-32(35)20-23(34)10-11-28(30)32)27(31)13-16-33(31,36)14-6-18-39-29-9-3-4-17-38-29/h5-8,14,19,25-27,29,35-36H,3-4,9-13,15-18,20-21H2,1-2H3/t25-,26+,27-,29?,31-,32+,33-/m0/s1. The maximum Gasteiger partial charge on any atom is 0.157 e. The van der Waals surface area contributed by atoms with Gasteiger partial charge >= 0.3 is 0 Å². The molecule has 7 atom stereocenters. The second-order valence-electron chi connectivity index (χ2n) is 12.9. The first-order valence-electron chi connectivity index (χ1n) is 15.0. The first-order valence-corrected chi connectivity index (χ1v) is 15.0. The molecule has 6 nitrogen and oxygen atoms in total. The van der Waals surface area contributed by atoms with E-state index in [1.165, 1.54) is 11.1 Å². The highest BCUT2D eigenvalue weighted by Crippen LogP contribution is 2.67. The molecule has 1 unspecified atom stereocenters. The van der Waals surface area contributed by atoms with Crippen molar-refractivity contribution in [2.24, 2.45) is 17.3 Å². The van der Waals surface area contributed by atoms with Gasteiger partial charge in [-0.3, -0.25) is 4.79 Å². The molecule has 1 heterocycles. The molecule has 6 rings (SSSR count). The third kappa shape index (κ3) is 4.71. The van der Waals surface area contributed by atoms with Crippen LogP contribution >= 0.6 is 0 Å². The molecule has 39 heavy (non-hydrogen) atoms. The number of aliphatic hydroxyl groups is 2. The molecule has 0 bridgehead atoms. The normalized spacial score (nSPS) is 40.4. The summed E-state index contributed by atoms with van der Waals surface area (Å²) in [5.41, 5.74) is 1.35. The number of allylic oxidation sites excluding steroid dienone is 1. The van der Waals surface area contributed by atoms with Gasteiger partial charge in [-0.25, -0.2) is 0 Å². The van der Waals surface area contributed by atoms with Crippen LogP contribution in [0.3, 0.4) is 0 Å². The van der Waals surface area contributed by atoms with E-state index in [0.29, 0.717) is 31.8 Å². The average molecular weight is 537 g/mol. The van der Waals surface area contributed by atoms with Gasteiger partial charge in [0.1, 0.15) is 11.5 Å². The summed E-state index contributed by atoms with van der Waals surface area (Å²) in [5, 5.41) is 24.0. The Bertz CT molecular complexity index is 1150. The van der Waals surface area contributed by atoms with Gasteiger partial charge in [0.05, 0.1) is 24.9 Å². The third-order valence-electron chi connectivity index (χ3n) is 10.9. The van der Waals surface area contributed by atoms with E-state index < -0.39 is 11.2 Å². The molecule has 2 N–H and O–H groups in total. The molecule has 1 saturated heterocycles. The largest absolute Gasteiger partial charge is 0.497 e. The van der Waals surface area contributed by atoms with Gasteiger partial charge in [-0.05, 0) is 92.9 Å². The van der Waals surface area contributed by atoms with Crippen LogP contribution in [0.1, 0.15) is 89.0 Å².